The first-order valence-corrected chi connectivity index (χ1v) is 11.1. The topological polar surface area (TPSA) is 196 Å². The first-order chi connectivity index (χ1) is 16.4. The number of H-pyrrole nitrogens is 1. The number of amides is 1. The molecule has 13 heteroatoms. The predicted molar refractivity (Wildman–Crippen MR) is 129 cm³/mol. The fourth-order valence-corrected chi connectivity index (χ4v) is 3.12. The molecule has 1 aromatic carbocycles. The van der Waals surface area contributed by atoms with Gasteiger partial charge in [0.05, 0.1) is 6.61 Å². The van der Waals surface area contributed by atoms with E-state index in [1.807, 2.05) is 24.3 Å². The average molecular weight is 487 g/mol. The Morgan fingerprint density at radius 2 is 1.88 bits per heavy atom. The van der Waals surface area contributed by atoms with Crippen LogP contribution in [0.3, 0.4) is 0 Å². The Bertz CT molecular complexity index is 1100. The molecule has 8 N–H and O–H groups in total. The van der Waals surface area contributed by atoms with Crippen molar-refractivity contribution in [2.24, 2.45) is 10.7 Å². The third kappa shape index (κ3) is 7.59. The van der Waals surface area contributed by atoms with Gasteiger partial charge in [-0.1, -0.05) is 23.7 Å². The van der Waals surface area contributed by atoms with Crippen molar-refractivity contribution in [1.29, 1.82) is 0 Å². The number of aryl methyl sites for hydroxylation is 2. The molecule has 3 aromatic rings. The largest absolute Gasteiger partial charge is 0.494 e. The fraction of sp³-hybridized carbons (Fsp3) is 0.333. The summed E-state index contributed by atoms with van der Waals surface area (Å²) in [7, 11) is 0. The van der Waals surface area contributed by atoms with Crippen LogP contribution in [0.25, 0.3) is 0 Å². The smallest absolute Gasteiger partial charge is 0.280 e. The number of nitrogens with two attached hydrogens (primary N) is 3. The number of guanidine groups is 1. The maximum absolute atomic E-state index is 12.2. The molecular formula is C21H27ClN10O2. The first-order valence-electron chi connectivity index (χ1n) is 10.7. The van der Waals surface area contributed by atoms with Crippen LogP contribution >= 0.6 is 11.6 Å². The summed E-state index contributed by atoms with van der Waals surface area (Å²) < 4.78 is 5.75. The van der Waals surface area contributed by atoms with Gasteiger partial charge in [0.15, 0.2) is 28.4 Å². The number of aliphatic imine (C=N–C) groups is 1. The zero-order valence-electron chi connectivity index (χ0n) is 18.5. The van der Waals surface area contributed by atoms with Gasteiger partial charge in [-0.25, -0.2) is 15.0 Å². The zero-order valence-corrected chi connectivity index (χ0v) is 19.3. The van der Waals surface area contributed by atoms with Crippen LogP contribution in [0.5, 0.6) is 5.75 Å². The third-order valence-electron chi connectivity index (χ3n) is 4.73. The molecule has 2 heterocycles. The summed E-state index contributed by atoms with van der Waals surface area (Å²) in [6.45, 7) is 1.07. The lowest BCUT2D eigenvalue weighted by Gasteiger charge is -2.08. The van der Waals surface area contributed by atoms with Crippen molar-refractivity contribution >= 4 is 35.1 Å². The molecular weight excluding hydrogens is 460 g/mol. The lowest BCUT2D eigenvalue weighted by molar-refractivity contribution is 0.0972. The standard InChI is InChI=1S/C21H27ClN10O2/c22-17-19(24)30-18(23)16(29-17)20(33)31-21(25)26-10-2-1-4-13-6-8-14(9-7-13)34-11-3-5-15-27-12-28-32-15/h6-9,12H,1-5,10-11H2,(H4,23,24,30)(H,27,28,32)(H3,25,26,31,33). The number of aromatic nitrogens is 5. The molecule has 1 amide bonds. The Hall–Kier alpha value is -3.93. The van der Waals surface area contributed by atoms with Gasteiger partial charge in [0, 0.05) is 13.0 Å². The Morgan fingerprint density at radius 1 is 1.09 bits per heavy atom. The summed E-state index contributed by atoms with van der Waals surface area (Å²) in [4.78, 5) is 28.0. The van der Waals surface area contributed by atoms with Gasteiger partial charge >= 0.3 is 0 Å². The van der Waals surface area contributed by atoms with Crippen LogP contribution in [0, 0.1) is 0 Å². The molecule has 12 nitrogen and oxygen atoms in total. The second kappa shape index (κ2) is 12.3. The van der Waals surface area contributed by atoms with Gasteiger partial charge in [0.25, 0.3) is 5.91 Å². The number of anilines is 2. The van der Waals surface area contributed by atoms with Crippen molar-refractivity contribution in [2.75, 3.05) is 24.6 Å². The van der Waals surface area contributed by atoms with Crippen molar-refractivity contribution in [3.63, 3.8) is 0 Å². The summed E-state index contributed by atoms with van der Waals surface area (Å²) in [5, 5.41) is 8.95. The maximum atomic E-state index is 12.2. The van der Waals surface area contributed by atoms with Crippen LogP contribution in [0.4, 0.5) is 11.6 Å². The van der Waals surface area contributed by atoms with Crippen LogP contribution in [0.2, 0.25) is 5.15 Å². The molecule has 0 aliphatic rings. The lowest BCUT2D eigenvalue weighted by atomic mass is 10.1. The number of rotatable bonds is 11. The average Bonchev–Trinajstić information content (AvgIpc) is 3.33. The normalized spacial score (nSPS) is 11.4. The van der Waals surface area contributed by atoms with Crippen LogP contribution in [-0.2, 0) is 12.8 Å². The van der Waals surface area contributed by atoms with Crippen molar-refractivity contribution < 1.29 is 9.53 Å². The van der Waals surface area contributed by atoms with E-state index in [9.17, 15) is 4.79 Å². The van der Waals surface area contributed by atoms with Gasteiger partial charge in [-0.15, -0.1) is 0 Å². The number of nitrogens with one attached hydrogen (secondary N) is 2. The van der Waals surface area contributed by atoms with Crippen LogP contribution in [0.1, 0.15) is 41.1 Å². The molecule has 0 unspecified atom stereocenters. The Morgan fingerprint density at radius 3 is 2.62 bits per heavy atom. The van der Waals surface area contributed by atoms with Crippen molar-refractivity contribution in [1.82, 2.24) is 30.5 Å². The number of aromatic amines is 1. The van der Waals surface area contributed by atoms with Gasteiger partial charge < -0.3 is 21.9 Å². The number of carbonyl (C=O) groups excluding carboxylic acids is 1. The number of nitrogens with zero attached hydrogens (tertiary/aromatic N) is 5. The van der Waals surface area contributed by atoms with Gasteiger partial charge in [-0.05, 0) is 43.4 Å². The minimum Gasteiger partial charge on any atom is -0.494 e. The molecule has 0 aliphatic heterocycles. The van der Waals surface area contributed by atoms with Gasteiger partial charge in [-0.3, -0.25) is 20.2 Å². The predicted octanol–water partition coefficient (Wildman–Crippen LogP) is 1.49. The zero-order chi connectivity index (χ0) is 24.3. The molecule has 180 valence electrons. The van der Waals surface area contributed by atoms with E-state index in [2.05, 4.69) is 35.5 Å². The number of nitrogen functional groups attached to an aromatic ring is 2. The molecule has 0 saturated carbocycles. The van der Waals surface area contributed by atoms with E-state index in [0.29, 0.717) is 13.2 Å². The van der Waals surface area contributed by atoms with Crippen LogP contribution in [-0.4, -0.2) is 50.2 Å². The van der Waals surface area contributed by atoms with E-state index in [-0.39, 0.29) is 28.4 Å². The van der Waals surface area contributed by atoms with E-state index in [1.165, 1.54) is 11.9 Å². The molecule has 3 rings (SSSR count). The molecule has 2 aromatic heterocycles. The molecule has 0 bridgehead atoms. The highest BCUT2D eigenvalue weighted by Crippen LogP contribution is 2.17. The van der Waals surface area contributed by atoms with Crippen LogP contribution in [0.15, 0.2) is 35.6 Å². The van der Waals surface area contributed by atoms with E-state index in [4.69, 9.17) is 33.5 Å². The monoisotopic (exact) mass is 486 g/mol. The molecule has 0 aliphatic carbocycles. The number of unbranched alkanes of at least 4 members (excludes halogenated alkanes) is 1. The van der Waals surface area contributed by atoms with Gasteiger partial charge in [0.2, 0.25) is 0 Å². The summed E-state index contributed by atoms with van der Waals surface area (Å²) in [6.07, 6.45) is 5.76. The van der Waals surface area contributed by atoms with Crippen molar-refractivity contribution in [2.45, 2.75) is 32.1 Å². The number of carbonyl (C=O) groups is 1. The SMILES string of the molecule is NC(=NCCCCc1ccc(OCCCc2ncn[nH]2)cc1)NC(=O)c1nc(Cl)c(N)nc1N. The summed E-state index contributed by atoms with van der Waals surface area (Å²) in [5.41, 5.74) is 18.0. The highest BCUT2D eigenvalue weighted by Gasteiger charge is 2.16. The number of halogens is 1. The molecule has 0 fully saturated rings. The fourth-order valence-electron chi connectivity index (χ4n) is 3.00. The number of benzene rings is 1. The second-order valence-electron chi connectivity index (χ2n) is 7.34. The summed E-state index contributed by atoms with van der Waals surface area (Å²) in [5.74, 6) is 0.798. The Kier molecular flexibility index (Phi) is 8.97. The van der Waals surface area contributed by atoms with E-state index in [1.54, 1.807) is 0 Å². The number of ether oxygens (including phenoxy) is 1. The molecule has 0 radical (unpaired) electrons. The highest BCUT2D eigenvalue weighted by atomic mass is 35.5. The molecule has 34 heavy (non-hydrogen) atoms. The van der Waals surface area contributed by atoms with Crippen molar-refractivity contribution in [3.05, 3.63) is 52.8 Å². The minimum absolute atomic E-state index is 0.0380. The van der Waals surface area contributed by atoms with Crippen molar-refractivity contribution in [3.8, 4) is 5.75 Å². The van der Waals surface area contributed by atoms with Crippen LogP contribution < -0.4 is 27.3 Å². The number of hydrogen-bond donors (Lipinski definition) is 5. The van der Waals surface area contributed by atoms with E-state index >= 15 is 0 Å². The summed E-state index contributed by atoms with van der Waals surface area (Å²) in [6, 6.07) is 8.03. The summed E-state index contributed by atoms with van der Waals surface area (Å²) >= 11 is 5.78. The molecule has 0 spiro atoms. The molecule has 0 saturated heterocycles. The van der Waals surface area contributed by atoms with E-state index in [0.717, 1.165) is 43.7 Å². The third-order valence-corrected chi connectivity index (χ3v) is 5.01. The second-order valence-corrected chi connectivity index (χ2v) is 7.70. The molecule has 0 atom stereocenters. The minimum atomic E-state index is -0.659. The lowest BCUT2D eigenvalue weighted by Crippen LogP contribution is -2.38. The Labute approximate surface area is 201 Å². The van der Waals surface area contributed by atoms with Gasteiger partial charge in [0.1, 0.15) is 17.9 Å². The maximum Gasteiger partial charge on any atom is 0.280 e. The first kappa shape index (κ1) is 24.7. The quantitative estimate of drug-likeness (QED) is 0.151. The number of hydrogen-bond acceptors (Lipinski definition) is 9. The van der Waals surface area contributed by atoms with Gasteiger partial charge in [-0.2, -0.15) is 5.10 Å². The highest BCUT2D eigenvalue weighted by molar-refractivity contribution is 6.31. The Balaban J connectivity index is 1.33. The van der Waals surface area contributed by atoms with E-state index < -0.39 is 5.91 Å².